The largest absolute Gasteiger partial charge is 0.490 e. The first-order valence-corrected chi connectivity index (χ1v) is 8.14. The standard InChI is InChI=1S/C14H14Cl2INO/c15-6-2-1-3-8-19-14-12(17)9-11(16)10-5-4-7-18-13(10)14/h4-5,7,9H,1-3,6,8H2. The number of pyridine rings is 1. The molecule has 5 heteroatoms. The summed E-state index contributed by atoms with van der Waals surface area (Å²) in [4.78, 5) is 4.38. The molecule has 2 rings (SSSR count). The summed E-state index contributed by atoms with van der Waals surface area (Å²) in [5, 5.41) is 1.64. The molecule has 0 aliphatic carbocycles. The number of hydrogen-bond acceptors (Lipinski definition) is 2. The number of aromatic nitrogens is 1. The van der Waals surface area contributed by atoms with E-state index in [1.165, 1.54) is 0 Å². The molecule has 1 heterocycles. The predicted octanol–water partition coefficient (Wildman–Crippen LogP) is 5.28. The number of ether oxygens (including phenoxy) is 1. The third kappa shape index (κ3) is 3.86. The van der Waals surface area contributed by atoms with E-state index in [2.05, 4.69) is 27.6 Å². The Hall–Kier alpha value is -0.260. The Kier molecular flexibility index (Phi) is 5.98. The second kappa shape index (κ2) is 7.50. The van der Waals surface area contributed by atoms with Crippen LogP contribution in [0.2, 0.25) is 5.02 Å². The normalized spacial score (nSPS) is 10.9. The van der Waals surface area contributed by atoms with Gasteiger partial charge in [-0.3, -0.25) is 4.98 Å². The summed E-state index contributed by atoms with van der Waals surface area (Å²) in [6.07, 6.45) is 4.87. The second-order valence-corrected chi connectivity index (χ2v) is 6.11. The molecule has 0 fully saturated rings. The van der Waals surface area contributed by atoms with Crippen LogP contribution in [0.3, 0.4) is 0 Å². The summed E-state index contributed by atoms with van der Waals surface area (Å²) < 4.78 is 6.87. The maximum Gasteiger partial charge on any atom is 0.158 e. The van der Waals surface area contributed by atoms with Crippen molar-refractivity contribution in [1.82, 2.24) is 4.98 Å². The highest BCUT2D eigenvalue weighted by atomic mass is 127. The molecule has 0 aliphatic rings. The van der Waals surface area contributed by atoms with E-state index in [-0.39, 0.29) is 0 Å². The molecule has 0 radical (unpaired) electrons. The number of alkyl halides is 1. The molecule has 1 aromatic heterocycles. The zero-order valence-electron chi connectivity index (χ0n) is 10.3. The van der Waals surface area contributed by atoms with Crippen LogP contribution in [-0.2, 0) is 0 Å². The van der Waals surface area contributed by atoms with Crippen molar-refractivity contribution in [3.63, 3.8) is 0 Å². The number of rotatable bonds is 6. The van der Waals surface area contributed by atoms with Gasteiger partial charge in [-0.15, -0.1) is 11.6 Å². The van der Waals surface area contributed by atoms with Crippen LogP contribution in [0.5, 0.6) is 5.75 Å². The Morgan fingerprint density at radius 3 is 2.89 bits per heavy atom. The van der Waals surface area contributed by atoms with Gasteiger partial charge in [0.05, 0.1) is 15.2 Å². The van der Waals surface area contributed by atoms with Crippen molar-refractivity contribution < 1.29 is 4.74 Å². The molecule has 0 N–H and O–H groups in total. The van der Waals surface area contributed by atoms with Gasteiger partial charge >= 0.3 is 0 Å². The molecule has 2 aromatic rings. The summed E-state index contributed by atoms with van der Waals surface area (Å²) in [5.41, 5.74) is 0.830. The quantitative estimate of drug-likeness (QED) is 0.367. The van der Waals surface area contributed by atoms with Gasteiger partial charge in [-0.2, -0.15) is 0 Å². The minimum atomic E-state index is 0.681. The van der Waals surface area contributed by atoms with Gasteiger partial charge in [-0.05, 0) is 60.1 Å². The average molecular weight is 410 g/mol. The van der Waals surface area contributed by atoms with E-state index < -0.39 is 0 Å². The number of nitrogens with zero attached hydrogens (tertiary/aromatic N) is 1. The molecule has 0 saturated carbocycles. The lowest BCUT2D eigenvalue weighted by Crippen LogP contribution is -2.01. The molecule has 0 bridgehead atoms. The van der Waals surface area contributed by atoms with Crippen LogP contribution >= 0.6 is 45.8 Å². The first-order chi connectivity index (χ1) is 9.24. The maximum absolute atomic E-state index is 6.22. The molecule has 1 aromatic carbocycles. The van der Waals surface area contributed by atoms with Crippen molar-refractivity contribution in [1.29, 1.82) is 0 Å². The first-order valence-electron chi connectivity index (χ1n) is 6.15. The molecule has 0 saturated heterocycles. The maximum atomic E-state index is 6.22. The lowest BCUT2D eigenvalue weighted by atomic mass is 10.2. The van der Waals surface area contributed by atoms with Crippen molar-refractivity contribution in [3.8, 4) is 5.75 Å². The Bertz CT molecular complexity index is 562. The minimum Gasteiger partial charge on any atom is -0.490 e. The van der Waals surface area contributed by atoms with Gasteiger partial charge in [0.25, 0.3) is 0 Å². The lowest BCUT2D eigenvalue weighted by molar-refractivity contribution is 0.307. The van der Waals surface area contributed by atoms with E-state index in [1.54, 1.807) is 6.20 Å². The predicted molar refractivity (Wildman–Crippen MR) is 89.5 cm³/mol. The van der Waals surface area contributed by atoms with Crippen molar-refractivity contribution in [3.05, 3.63) is 33.0 Å². The lowest BCUT2D eigenvalue weighted by Gasteiger charge is -2.11. The highest BCUT2D eigenvalue weighted by Gasteiger charge is 2.11. The van der Waals surface area contributed by atoms with Gasteiger partial charge in [-0.1, -0.05) is 11.6 Å². The molecule has 19 heavy (non-hydrogen) atoms. The van der Waals surface area contributed by atoms with Gasteiger partial charge < -0.3 is 4.74 Å². The fourth-order valence-electron chi connectivity index (χ4n) is 1.83. The zero-order valence-corrected chi connectivity index (χ0v) is 14.0. The monoisotopic (exact) mass is 409 g/mol. The summed E-state index contributed by atoms with van der Waals surface area (Å²) in [6.45, 7) is 0.681. The summed E-state index contributed by atoms with van der Waals surface area (Å²) in [7, 11) is 0. The highest BCUT2D eigenvalue weighted by molar-refractivity contribution is 14.1. The Balaban J connectivity index is 2.18. The molecule has 2 nitrogen and oxygen atoms in total. The van der Waals surface area contributed by atoms with E-state index >= 15 is 0 Å². The van der Waals surface area contributed by atoms with Crippen LogP contribution in [0, 0.1) is 3.57 Å². The van der Waals surface area contributed by atoms with Gasteiger partial charge in [0.1, 0.15) is 5.52 Å². The summed E-state index contributed by atoms with van der Waals surface area (Å²) in [5.74, 6) is 1.54. The van der Waals surface area contributed by atoms with Crippen LogP contribution < -0.4 is 4.74 Å². The van der Waals surface area contributed by atoms with Crippen LogP contribution in [0.25, 0.3) is 10.9 Å². The Morgan fingerprint density at radius 2 is 2.11 bits per heavy atom. The van der Waals surface area contributed by atoms with Crippen molar-refractivity contribution in [2.45, 2.75) is 19.3 Å². The van der Waals surface area contributed by atoms with E-state index in [0.29, 0.717) is 17.5 Å². The molecule has 0 aliphatic heterocycles. The highest BCUT2D eigenvalue weighted by Crippen LogP contribution is 2.34. The molecular weight excluding hydrogens is 396 g/mol. The van der Waals surface area contributed by atoms with Crippen LogP contribution in [0.4, 0.5) is 0 Å². The third-order valence-corrected chi connectivity index (χ3v) is 4.16. The number of benzene rings is 1. The Morgan fingerprint density at radius 1 is 1.26 bits per heavy atom. The number of unbranched alkanes of at least 4 members (excludes halogenated alkanes) is 2. The number of halogens is 3. The first kappa shape index (κ1) is 15.1. The van der Waals surface area contributed by atoms with Crippen LogP contribution in [0.1, 0.15) is 19.3 Å². The average Bonchev–Trinajstić information content (AvgIpc) is 2.42. The van der Waals surface area contributed by atoms with Crippen molar-refractivity contribution >= 4 is 56.7 Å². The van der Waals surface area contributed by atoms with Crippen molar-refractivity contribution in [2.75, 3.05) is 12.5 Å². The number of fused-ring (bicyclic) bond motifs is 1. The molecule has 0 spiro atoms. The molecular formula is C14H14Cl2INO. The second-order valence-electron chi connectivity index (χ2n) is 4.17. The Labute approximate surface area is 136 Å². The van der Waals surface area contributed by atoms with E-state index in [4.69, 9.17) is 27.9 Å². The van der Waals surface area contributed by atoms with E-state index in [9.17, 15) is 0 Å². The molecule has 102 valence electrons. The number of hydrogen-bond donors (Lipinski definition) is 0. The summed E-state index contributed by atoms with van der Waals surface area (Å²) in [6, 6.07) is 5.76. The van der Waals surface area contributed by atoms with E-state index in [1.807, 2.05) is 18.2 Å². The fourth-order valence-corrected chi connectivity index (χ4v) is 3.19. The fraction of sp³-hybridized carbons (Fsp3) is 0.357. The SMILES string of the molecule is ClCCCCCOc1c(I)cc(Cl)c2cccnc12. The van der Waals surface area contributed by atoms with E-state index in [0.717, 1.165) is 39.5 Å². The molecule has 0 unspecified atom stereocenters. The van der Waals surface area contributed by atoms with Gasteiger partial charge in [0.15, 0.2) is 5.75 Å². The minimum absolute atomic E-state index is 0.681. The van der Waals surface area contributed by atoms with Gasteiger partial charge in [0, 0.05) is 17.5 Å². The van der Waals surface area contributed by atoms with Crippen molar-refractivity contribution in [2.24, 2.45) is 0 Å². The van der Waals surface area contributed by atoms with Gasteiger partial charge in [-0.25, -0.2) is 0 Å². The van der Waals surface area contributed by atoms with Crippen LogP contribution in [0.15, 0.2) is 24.4 Å². The smallest absolute Gasteiger partial charge is 0.158 e. The third-order valence-electron chi connectivity index (χ3n) is 2.77. The molecule has 0 atom stereocenters. The van der Waals surface area contributed by atoms with Crippen LogP contribution in [-0.4, -0.2) is 17.5 Å². The topological polar surface area (TPSA) is 22.1 Å². The molecule has 0 amide bonds. The zero-order chi connectivity index (χ0) is 13.7. The van der Waals surface area contributed by atoms with Gasteiger partial charge in [0.2, 0.25) is 0 Å². The summed E-state index contributed by atoms with van der Waals surface area (Å²) >= 11 is 14.1.